The summed E-state index contributed by atoms with van der Waals surface area (Å²) in [5.41, 5.74) is 1.20. The highest BCUT2D eigenvalue weighted by molar-refractivity contribution is 5.75. The molecule has 6 nitrogen and oxygen atoms in total. The maximum atomic E-state index is 12.0. The van der Waals surface area contributed by atoms with Crippen LogP contribution in [0.25, 0.3) is 0 Å². The van der Waals surface area contributed by atoms with E-state index in [1.54, 1.807) is 0 Å². The number of nitrogens with one attached hydrogen (secondary N) is 2. The molecule has 2 amide bonds. The number of hydrogen-bond acceptors (Lipinski definition) is 4. The number of nitrogens with zero attached hydrogens (tertiary/aromatic N) is 2. The Morgan fingerprint density at radius 3 is 1.42 bits per heavy atom. The topological polar surface area (TPSA) is 64.7 Å². The second-order valence-electron chi connectivity index (χ2n) is 25.9. The molecular weight excluding hydrogens is 893 g/mol. The minimum absolute atomic E-state index is 0.251. The fraction of sp³-hybridized carbons (Fsp3) is 0.970. The maximum absolute atomic E-state index is 12.0. The SMILES string of the molecule is CCCCCCCCCCCCN(CCCCCCCCCCCC)CCN(CCCCCCCCCCCC)CCNC=O.CCNC(=O)CC[C@@H](C)C1CCC2C3CCC4CCCCC4(C)C3CCC21C. The Bertz CT molecular complexity index is 1290. The molecular formula is C67H130N4O2. The molecule has 4 saturated carbocycles. The Kier molecular flexibility index (Phi) is 38.0. The fourth-order valence-electron chi connectivity index (χ4n) is 15.8. The summed E-state index contributed by atoms with van der Waals surface area (Å²) in [6, 6.07) is 0. The second-order valence-corrected chi connectivity index (χ2v) is 25.9. The van der Waals surface area contributed by atoms with E-state index in [9.17, 15) is 9.59 Å². The zero-order valence-electron chi connectivity index (χ0n) is 50.6. The standard InChI is InChI=1S/C41H85N3O.C26H45NO/c1-4-7-10-13-16-19-22-25-28-31-35-43(36-32-29-26-23-20-17-14-11-8-5-2)39-40-44(38-34-42-41-45)37-33-30-27-24-21-18-15-12-9-6-3;1-5-27-24(28)14-9-18(2)21-12-13-22-20-11-10-19-8-6-7-16-25(19,3)23(20)15-17-26(21,22)4/h41H,4-40H2,1-3H3,(H,42,45);18-23H,5-17H2,1-4H3,(H,27,28)/t;18-,19?,20?,21?,22?,23?,25?,26?/m.1/s1. The molecule has 8 atom stereocenters. The van der Waals surface area contributed by atoms with Gasteiger partial charge < -0.3 is 20.4 Å². The largest absolute Gasteiger partial charge is 0.357 e. The number of carbonyl (C=O) groups excluding carboxylic acids is 2. The Balaban J connectivity index is 0.000000424. The van der Waals surface area contributed by atoms with Crippen LogP contribution in [0.4, 0.5) is 0 Å². The Morgan fingerprint density at radius 1 is 0.507 bits per heavy atom. The molecule has 0 aromatic heterocycles. The Labute approximate surface area is 457 Å². The van der Waals surface area contributed by atoms with Crippen LogP contribution in [0.1, 0.15) is 318 Å². The van der Waals surface area contributed by atoms with Crippen molar-refractivity contribution in [2.45, 2.75) is 318 Å². The monoisotopic (exact) mass is 1020 g/mol. The lowest BCUT2D eigenvalue weighted by atomic mass is 9.44. The average molecular weight is 1020 g/mol. The number of fused-ring (bicyclic) bond motifs is 5. The van der Waals surface area contributed by atoms with E-state index in [0.29, 0.717) is 16.7 Å². The van der Waals surface area contributed by atoms with E-state index in [2.05, 4.69) is 62.0 Å². The molecule has 0 saturated heterocycles. The third-order valence-electron chi connectivity index (χ3n) is 20.4. The molecule has 0 aromatic carbocycles. The van der Waals surface area contributed by atoms with Crippen molar-refractivity contribution in [1.29, 1.82) is 0 Å². The van der Waals surface area contributed by atoms with Gasteiger partial charge in [0.2, 0.25) is 12.3 Å². The van der Waals surface area contributed by atoms with E-state index in [0.717, 1.165) is 75.0 Å². The summed E-state index contributed by atoms with van der Waals surface area (Å²) in [6.45, 7) is 25.3. The van der Waals surface area contributed by atoms with Gasteiger partial charge in [0.05, 0.1) is 0 Å². The van der Waals surface area contributed by atoms with E-state index >= 15 is 0 Å². The summed E-state index contributed by atoms with van der Waals surface area (Å²) in [6.07, 6.45) is 59.7. The van der Waals surface area contributed by atoms with Gasteiger partial charge in [-0.2, -0.15) is 0 Å². The molecule has 0 aromatic rings. The van der Waals surface area contributed by atoms with Crippen LogP contribution in [0.3, 0.4) is 0 Å². The lowest BCUT2D eigenvalue weighted by Crippen LogP contribution is -2.53. The van der Waals surface area contributed by atoms with Gasteiger partial charge in [-0.25, -0.2) is 0 Å². The molecule has 0 heterocycles. The van der Waals surface area contributed by atoms with Crippen molar-refractivity contribution in [1.82, 2.24) is 20.4 Å². The number of unbranched alkanes of at least 4 members (excludes halogenated alkanes) is 27. The van der Waals surface area contributed by atoms with Crippen molar-refractivity contribution >= 4 is 12.3 Å². The zero-order chi connectivity index (χ0) is 52.7. The van der Waals surface area contributed by atoms with Gasteiger partial charge in [0.1, 0.15) is 0 Å². The molecule has 0 radical (unpaired) electrons. The molecule has 4 aliphatic carbocycles. The molecule has 7 unspecified atom stereocenters. The lowest BCUT2D eigenvalue weighted by molar-refractivity contribution is -0.122. The fourth-order valence-corrected chi connectivity index (χ4v) is 15.8. The molecule has 0 aliphatic heterocycles. The first kappa shape index (κ1) is 66.1. The maximum Gasteiger partial charge on any atom is 0.219 e. The molecule has 4 aliphatic rings. The van der Waals surface area contributed by atoms with Gasteiger partial charge in [-0.1, -0.05) is 228 Å². The number of hydrogen-bond donors (Lipinski definition) is 2. The first-order chi connectivity index (χ1) is 35.7. The highest BCUT2D eigenvalue weighted by atomic mass is 16.1. The lowest BCUT2D eigenvalue weighted by Gasteiger charge is -2.61. The first-order valence-corrected chi connectivity index (χ1v) is 33.6. The molecule has 430 valence electrons. The van der Waals surface area contributed by atoms with Crippen molar-refractivity contribution in [2.75, 3.05) is 52.4 Å². The summed E-state index contributed by atoms with van der Waals surface area (Å²) in [5, 5.41) is 5.90. The first-order valence-electron chi connectivity index (χ1n) is 33.6. The molecule has 0 spiro atoms. The van der Waals surface area contributed by atoms with E-state index < -0.39 is 0 Å². The predicted molar refractivity (Wildman–Crippen MR) is 319 cm³/mol. The van der Waals surface area contributed by atoms with Crippen LogP contribution in [0.15, 0.2) is 0 Å². The number of carbonyl (C=O) groups is 2. The Morgan fingerprint density at radius 2 is 0.959 bits per heavy atom. The highest BCUT2D eigenvalue weighted by Crippen LogP contribution is 2.68. The van der Waals surface area contributed by atoms with E-state index in [1.165, 1.54) is 283 Å². The van der Waals surface area contributed by atoms with Crippen molar-refractivity contribution < 1.29 is 9.59 Å². The number of amides is 2. The highest BCUT2D eigenvalue weighted by Gasteiger charge is 2.60. The second kappa shape index (κ2) is 41.9. The van der Waals surface area contributed by atoms with Gasteiger partial charge >= 0.3 is 0 Å². The number of rotatable bonds is 45. The summed E-state index contributed by atoms with van der Waals surface area (Å²) in [4.78, 5) is 28.3. The van der Waals surface area contributed by atoms with Crippen LogP contribution < -0.4 is 10.6 Å². The zero-order valence-corrected chi connectivity index (χ0v) is 50.6. The van der Waals surface area contributed by atoms with Crippen LogP contribution in [-0.4, -0.2) is 74.5 Å². The quantitative estimate of drug-likeness (QED) is 0.0471. The minimum Gasteiger partial charge on any atom is -0.357 e. The van der Waals surface area contributed by atoms with Crippen molar-refractivity contribution in [3.05, 3.63) is 0 Å². The van der Waals surface area contributed by atoms with Crippen LogP contribution in [0.5, 0.6) is 0 Å². The molecule has 73 heavy (non-hydrogen) atoms. The Hall–Kier alpha value is -1.14. The molecule has 0 bridgehead atoms. The van der Waals surface area contributed by atoms with Gasteiger partial charge in [-0.05, 0) is 150 Å². The van der Waals surface area contributed by atoms with Gasteiger partial charge in [0.15, 0.2) is 0 Å². The van der Waals surface area contributed by atoms with Gasteiger partial charge in [-0.3, -0.25) is 9.59 Å². The van der Waals surface area contributed by atoms with E-state index in [4.69, 9.17) is 0 Å². The van der Waals surface area contributed by atoms with Crippen molar-refractivity contribution in [3.8, 4) is 0 Å². The molecule has 2 N–H and O–H groups in total. The van der Waals surface area contributed by atoms with Gasteiger partial charge in [0, 0.05) is 39.1 Å². The summed E-state index contributed by atoms with van der Waals surface area (Å²) in [7, 11) is 0. The average Bonchev–Trinajstić information content (AvgIpc) is 3.75. The third kappa shape index (κ3) is 26.4. The minimum atomic E-state index is 0.251. The van der Waals surface area contributed by atoms with E-state index in [1.807, 2.05) is 6.92 Å². The normalized spacial score (nSPS) is 24.9. The van der Waals surface area contributed by atoms with E-state index in [-0.39, 0.29) is 5.91 Å². The molecule has 6 heteroatoms. The van der Waals surface area contributed by atoms with Crippen molar-refractivity contribution in [3.63, 3.8) is 0 Å². The smallest absolute Gasteiger partial charge is 0.219 e. The molecule has 4 rings (SSSR count). The van der Waals surface area contributed by atoms with Crippen LogP contribution in [0.2, 0.25) is 0 Å². The van der Waals surface area contributed by atoms with Crippen LogP contribution in [-0.2, 0) is 9.59 Å². The summed E-state index contributed by atoms with van der Waals surface area (Å²) < 4.78 is 0. The van der Waals surface area contributed by atoms with Crippen molar-refractivity contribution in [2.24, 2.45) is 46.3 Å². The third-order valence-corrected chi connectivity index (χ3v) is 20.4. The molecule has 4 fully saturated rings. The predicted octanol–water partition coefficient (Wildman–Crippen LogP) is 18.7. The summed E-state index contributed by atoms with van der Waals surface area (Å²) >= 11 is 0. The van der Waals surface area contributed by atoms with Gasteiger partial charge in [-0.15, -0.1) is 0 Å². The van der Waals surface area contributed by atoms with Crippen LogP contribution >= 0.6 is 0 Å². The summed E-state index contributed by atoms with van der Waals surface area (Å²) in [5.74, 6) is 5.78. The van der Waals surface area contributed by atoms with Crippen LogP contribution in [0, 0.1) is 46.3 Å². The van der Waals surface area contributed by atoms with Gasteiger partial charge in [0.25, 0.3) is 0 Å².